The lowest BCUT2D eigenvalue weighted by molar-refractivity contribution is -0.137. The Morgan fingerprint density at radius 2 is 1.88 bits per heavy atom. The smallest absolute Gasteiger partial charge is 0.324 e. The fraction of sp³-hybridized carbons (Fsp3) is 0.455. The highest BCUT2D eigenvalue weighted by Crippen LogP contribution is 2.41. The quantitative estimate of drug-likeness (QED) is 0.866. The van der Waals surface area contributed by atoms with E-state index in [0.717, 1.165) is 18.9 Å². The first-order valence-electron chi connectivity index (χ1n) is 5.02. The summed E-state index contributed by atoms with van der Waals surface area (Å²) < 4.78 is 37.3. The third-order valence-electron chi connectivity index (χ3n) is 2.81. The van der Waals surface area contributed by atoms with Crippen molar-refractivity contribution in [2.45, 2.75) is 25.1 Å². The lowest BCUT2D eigenvalue weighted by atomic mass is 10.0. The molecule has 6 heteroatoms. The van der Waals surface area contributed by atoms with Gasteiger partial charge in [-0.25, -0.2) is 0 Å². The van der Waals surface area contributed by atoms with Crippen molar-refractivity contribution in [3.8, 4) is 0 Å². The molecule has 0 spiro atoms. The summed E-state index contributed by atoms with van der Waals surface area (Å²) in [6.45, 7) is 0. The summed E-state index contributed by atoms with van der Waals surface area (Å²) >= 11 is 5.61. The summed E-state index contributed by atoms with van der Waals surface area (Å²) in [6.07, 6.45) is -2.32. The Hall–Kier alpha value is -0.450. The third kappa shape index (κ3) is 3.27. The maximum atomic E-state index is 12.4. The molecule has 0 amide bonds. The van der Waals surface area contributed by atoms with Crippen LogP contribution in [0.2, 0.25) is 5.02 Å². The average Bonchev–Trinajstić information content (AvgIpc) is 2.97. The molecule has 96 valence electrons. The number of rotatable bonds is 2. The second-order valence-corrected chi connectivity index (χ2v) is 4.51. The molecular formula is C11H12Cl2F3N. The third-order valence-corrected chi connectivity index (χ3v) is 3.13. The first-order valence-corrected chi connectivity index (χ1v) is 5.39. The lowest BCUT2D eigenvalue weighted by Crippen LogP contribution is -2.13. The number of halogens is 5. The van der Waals surface area contributed by atoms with Gasteiger partial charge in [-0.1, -0.05) is 17.7 Å². The zero-order valence-corrected chi connectivity index (χ0v) is 10.4. The van der Waals surface area contributed by atoms with E-state index in [9.17, 15) is 13.2 Å². The van der Waals surface area contributed by atoms with Gasteiger partial charge in [0.1, 0.15) is 0 Å². The van der Waals surface area contributed by atoms with Crippen molar-refractivity contribution >= 4 is 24.0 Å². The molecule has 1 aromatic rings. The maximum Gasteiger partial charge on any atom is 0.417 e. The Balaban J connectivity index is 0.00000144. The van der Waals surface area contributed by atoms with Gasteiger partial charge < -0.3 is 5.73 Å². The second kappa shape index (κ2) is 5.04. The van der Waals surface area contributed by atoms with Crippen molar-refractivity contribution in [1.82, 2.24) is 0 Å². The standard InChI is InChI=1S/C11H11ClF3N.ClH/c12-9-5-7(10(16)6-1-2-6)3-4-8(9)11(13,14)15;/h3-6,10H,1-2,16H2;1H/t10-;/m1./s1. The lowest BCUT2D eigenvalue weighted by Gasteiger charge is -2.14. The highest BCUT2D eigenvalue weighted by Gasteiger charge is 2.34. The predicted molar refractivity (Wildman–Crippen MR) is 63.4 cm³/mol. The SMILES string of the molecule is Cl.N[C@@H](c1ccc(C(F)(F)F)c(Cl)c1)C1CC1. The van der Waals surface area contributed by atoms with Crippen LogP contribution in [0.15, 0.2) is 18.2 Å². The molecule has 0 saturated heterocycles. The normalized spacial score (nSPS) is 17.5. The van der Waals surface area contributed by atoms with E-state index >= 15 is 0 Å². The topological polar surface area (TPSA) is 26.0 Å². The zero-order chi connectivity index (χ0) is 11.9. The van der Waals surface area contributed by atoms with E-state index in [4.69, 9.17) is 17.3 Å². The molecule has 2 N–H and O–H groups in total. The minimum Gasteiger partial charge on any atom is -0.324 e. The molecule has 0 bridgehead atoms. The molecular weight excluding hydrogens is 274 g/mol. The zero-order valence-electron chi connectivity index (χ0n) is 8.80. The van der Waals surface area contributed by atoms with E-state index in [1.165, 1.54) is 12.1 Å². The van der Waals surface area contributed by atoms with Crippen LogP contribution in [0, 0.1) is 5.92 Å². The van der Waals surface area contributed by atoms with Crippen LogP contribution >= 0.6 is 24.0 Å². The summed E-state index contributed by atoms with van der Waals surface area (Å²) in [4.78, 5) is 0. The largest absolute Gasteiger partial charge is 0.417 e. The number of nitrogens with two attached hydrogens (primary N) is 1. The molecule has 1 nitrogen and oxygen atoms in total. The summed E-state index contributed by atoms with van der Waals surface area (Å²) in [6, 6.07) is 3.55. The monoisotopic (exact) mass is 285 g/mol. The highest BCUT2D eigenvalue weighted by atomic mass is 35.5. The van der Waals surface area contributed by atoms with Crippen molar-refractivity contribution in [1.29, 1.82) is 0 Å². The van der Waals surface area contributed by atoms with E-state index in [1.807, 2.05) is 0 Å². The van der Waals surface area contributed by atoms with Crippen LogP contribution in [0.25, 0.3) is 0 Å². The Morgan fingerprint density at radius 1 is 1.29 bits per heavy atom. The van der Waals surface area contributed by atoms with Gasteiger partial charge in [0, 0.05) is 6.04 Å². The Morgan fingerprint density at radius 3 is 2.29 bits per heavy atom. The van der Waals surface area contributed by atoms with Gasteiger partial charge in [0.25, 0.3) is 0 Å². The summed E-state index contributed by atoms with van der Waals surface area (Å²) in [5.41, 5.74) is 5.76. The van der Waals surface area contributed by atoms with Crippen molar-refractivity contribution in [2.75, 3.05) is 0 Å². The molecule has 1 aliphatic rings. The van der Waals surface area contributed by atoms with Crippen LogP contribution < -0.4 is 5.73 Å². The Kier molecular flexibility index (Phi) is 4.33. The van der Waals surface area contributed by atoms with E-state index in [1.54, 1.807) is 0 Å². The molecule has 0 unspecified atom stereocenters. The van der Waals surface area contributed by atoms with Crippen molar-refractivity contribution in [3.05, 3.63) is 34.3 Å². The molecule has 1 saturated carbocycles. The minimum absolute atomic E-state index is 0. The van der Waals surface area contributed by atoms with Crippen LogP contribution in [-0.4, -0.2) is 0 Å². The molecule has 1 atom stereocenters. The molecule has 2 rings (SSSR count). The number of hydrogen-bond acceptors (Lipinski definition) is 1. The van der Waals surface area contributed by atoms with E-state index in [2.05, 4.69) is 0 Å². The van der Waals surface area contributed by atoms with Crippen LogP contribution in [0.3, 0.4) is 0 Å². The Labute approximate surface area is 109 Å². The fourth-order valence-corrected chi connectivity index (χ4v) is 1.99. The maximum absolute atomic E-state index is 12.4. The van der Waals surface area contributed by atoms with Crippen molar-refractivity contribution < 1.29 is 13.2 Å². The van der Waals surface area contributed by atoms with Gasteiger partial charge in [-0.15, -0.1) is 12.4 Å². The van der Waals surface area contributed by atoms with E-state index in [0.29, 0.717) is 11.5 Å². The van der Waals surface area contributed by atoms with Crippen LogP contribution in [-0.2, 0) is 6.18 Å². The predicted octanol–water partition coefficient (Wildman–Crippen LogP) is 4.19. The minimum atomic E-state index is -4.40. The number of hydrogen-bond donors (Lipinski definition) is 1. The first kappa shape index (κ1) is 14.6. The van der Waals surface area contributed by atoms with Crippen LogP contribution in [0.1, 0.15) is 30.0 Å². The molecule has 1 aromatic carbocycles. The molecule has 1 fully saturated rings. The molecule has 0 heterocycles. The molecule has 1 aliphatic carbocycles. The van der Waals surface area contributed by atoms with Gasteiger partial charge in [0.05, 0.1) is 10.6 Å². The van der Waals surface area contributed by atoms with Gasteiger partial charge in [0.2, 0.25) is 0 Å². The molecule has 0 radical (unpaired) electrons. The first-order chi connectivity index (χ1) is 7.39. The van der Waals surface area contributed by atoms with E-state index in [-0.39, 0.29) is 23.5 Å². The second-order valence-electron chi connectivity index (χ2n) is 4.10. The number of alkyl halides is 3. The summed E-state index contributed by atoms with van der Waals surface area (Å²) in [7, 11) is 0. The Bertz CT molecular complexity index is 402. The van der Waals surface area contributed by atoms with Gasteiger partial charge in [-0.3, -0.25) is 0 Å². The average molecular weight is 286 g/mol. The van der Waals surface area contributed by atoms with Crippen LogP contribution in [0.4, 0.5) is 13.2 Å². The fourth-order valence-electron chi connectivity index (χ4n) is 1.70. The highest BCUT2D eigenvalue weighted by molar-refractivity contribution is 6.31. The van der Waals surface area contributed by atoms with Gasteiger partial charge in [0.15, 0.2) is 0 Å². The molecule has 0 aliphatic heterocycles. The van der Waals surface area contributed by atoms with Crippen molar-refractivity contribution in [2.24, 2.45) is 11.7 Å². The van der Waals surface area contributed by atoms with Gasteiger partial charge >= 0.3 is 6.18 Å². The number of benzene rings is 1. The molecule has 0 aromatic heterocycles. The van der Waals surface area contributed by atoms with Crippen LogP contribution in [0.5, 0.6) is 0 Å². The molecule has 17 heavy (non-hydrogen) atoms. The van der Waals surface area contributed by atoms with E-state index < -0.39 is 11.7 Å². The van der Waals surface area contributed by atoms with Crippen molar-refractivity contribution in [3.63, 3.8) is 0 Å². The van der Waals surface area contributed by atoms with Gasteiger partial charge in [-0.2, -0.15) is 13.2 Å². The van der Waals surface area contributed by atoms with Gasteiger partial charge in [-0.05, 0) is 36.5 Å². The summed E-state index contributed by atoms with van der Waals surface area (Å²) in [5, 5.41) is -0.277. The summed E-state index contributed by atoms with van der Waals surface area (Å²) in [5.74, 6) is 0.396.